The minimum Gasteiger partial charge on any atom is -0.480 e. The molecule has 2 aromatic carbocycles. The van der Waals surface area contributed by atoms with Crippen LogP contribution in [0.5, 0.6) is 0 Å². The minimum absolute atomic E-state index is 0.0221. The lowest BCUT2D eigenvalue weighted by Crippen LogP contribution is -2.43. The molecular weight excluding hydrogens is 432 g/mol. The average molecular weight is 461 g/mol. The van der Waals surface area contributed by atoms with Crippen molar-refractivity contribution in [1.29, 1.82) is 0 Å². The Bertz CT molecular complexity index is 1070. The number of carbonyl (C=O) groups excluding carboxylic acids is 2. The molecule has 0 saturated heterocycles. The summed E-state index contributed by atoms with van der Waals surface area (Å²) in [6.45, 7) is 0.763. The number of nitrogens with one attached hydrogen (secondary N) is 2. The maximum Gasteiger partial charge on any atom is 0.407 e. The summed E-state index contributed by atoms with van der Waals surface area (Å²) in [6.07, 6.45) is 6.51. The number of benzene rings is 2. The van der Waals surface area contributed by atoms with E-state index in [1.165, 1.54) is 22.3 Å². The second kappa shape index (κ2) is 10.4. The molecule has 1 atom stereocenters. The van der Waals surface area contributed by atoms with E-state index in [4.69, 9.17) is 16.3 Å². The van der Waals surface area contributed by atoms with Crippen molar-refractivity contribution in [2.75, 3.05) is 13.2 Å². The first kappa shape index (κ1) is 23.4. The molecule has 34 heavy (non-hydrogen) atoms. The van der Waals surface area contributed by atoms with E-state index in [1.54, 1.807) is 0 Å². The number of aliphatic carboxylic acids is 1. The molecule has 0 heterocycles. The van der Waals surface area contributed by atoms with E-state index >= 15 is 0 Å². The molecule has 2 aliphatic rings. The van der Waals surface area contributed by atoms with Gasteiger partial charge in [-0.15, -0.1) is 12.3 Å². The van der Waals surface area contributed by atoms with E-state index in [0.717, 1.165) is 12.8 Å². The fourth-order valence-corrected chi connectivity index (χ4v) is 4.92. The van der Waals surface area contributed by atoms with Crippen molar-refractivity contribution in [2.24, 2.45) is 11.8 Å². The van der Waals surface area contributed by atoms with Crippen molar-refractivity contribution in [1.82, 2.24) is 10.6 Å². The molecule has 0 aromatic heterocycles. The summed E-state index contributed by atoms with van der Waals surface area (Å²) >= 11 is 0. The van der Waals surface area contributed by atoms with Gasteiger partial charge in [-0.1, -0.05) is 48.5 Å². The Hall–Kier alpha value is -3.79. The van der Waals surface area contributed by atoms with Crippen LogP contribution in [-0.4, -0.2) is 42.3 Å². The molecule has 7 heteroatoms. The highest BCUT2D eigenvalue weighted by Crippen LogP contribution is 2.44. The number of hydrogen-bond donors (Lipinski definition) is 3. The van der Waals surface area contributed by atoms with Crippen molar-refractivity contribution in [3.05, 3.63) is 59.7 Å². The van der Waals surface area contributed by atoms with Crippen molar-refractivity contribution in [3.8, 4) is 23.5 Å². The average Bonchev–Trinajstić information content (AvgIpc) is 3.12. The molecule has 0 spiro atoms. The number of carboxylic acids is 1. The van der Waals surface area contributed by atoms with Crippen LogP contribution in [0.4, 0.5) is 4.79 Å². The number of carboxylic acid groups (broad SMARTS) is 1. The lowest BCUT2D eigenvalue weighted by molar-refractivity contribution is -0.142. The van der Waals surface area contributed by atoms with Crippen LogP contribution in [0.3, 0.4) is 0 Å². The van der Waals surface area contributed by atoms with Crippen LogP contribution in [0.1, 0.15) is 42.7 Å². The SMILES string of the molecule is C#CCC(NC(=O)CC1CC(CNC(=O)OCC2c3ccccc3-c3ccccc32)C1)C(=O)O. The fourth-order valence-electron chi connectivity index (χ4n) is 4.92. The largest absolute Gasteiger partial charge is 0.480 e. The van der Waals surface area contributed by atoms with Crippen LogP contribution in [0.25, 0.3) is 11.1 Å². The van der Waals surface area contributed by atoms with Gasteiger partial charge in [-0.2, -0.15) is 0 Å². The van der Waals surface area contributed by atoms with Crippen molar-refractivity contribution in [3.63, 3.8) is 0 Å². The van der Waals surface area contributed by atoms with E-state index in [9.17, 15) is 14.4 Å². The highest BCUT2D eigenvalue weighted by Gasteiger charge is 2.32. The van der Waals surface area contributed by atoms with Gasteiger partial charge in [0.25, 0.3) is 0 Å². The summed E-state index contributed by atoms with van der Waals surface area (Å²) in [6, 6.07) is 15.3. The smallest absolute Gasteiger partial charge is 0.407 e. The number of amides is 2. The summed E-state index contributed by atoms with van der Waals surface area (Å²) in [7, 11) is 0. The van der Waals surface area contributed by atoms with Crippen molar-refractivity contribution >= 4 is 18.0 Å². The molecule has 1 unspecified atom stereocenters. The van der Waals surface area contributed by atoms with Gasteiger partial charge in [-0.05, 0) is 46.9 Å². The molecule has 2 amide bonds. The first-order valence-corrected chi connectivity index (χ1v) is 11.5. The molecule has 0 radical (unpaired) electrons. The Labute approximate surface area is 198 Å². The second-order valence-corrected chi connectivity index (χ2v) is 8.98. The Morgan fingerprint density at radius 2 is 1.65 bits per heavy atom. The van der Waals surface area contributed by atoms with Crippen LogP contribution < -0.4 is 10.6 Å². The fraction of sp³-hybridized carbons (Fsp3) is 0.370. The highest BCUT2D eigenvalue weighted by molar-refractivity contribution is 5.84. The molecule has 2 aliphatic carbocycles. The number of carbonyl (C=O) groups is 3. The van der Waals surface area contributed by atoms with Gasteiger partial charge >= 0.3 is 12.1 Å². The number of alkyl carbamates (subject to hydrolysis) is 1. The Kier molecular flexibility index (Phi) is 7.17. The predicted molar refractivity (Wildman–Crippen MR) is 127 cm³/mol. The summed E-state index contributed by atoms with van der Waals surface area (Å²) in [5.41, 5.74) is 4.71. The van der Waals surface area contributed by atoms with Crippen LogP contribution in [0.15, 0.2) is 48.5 Å². The van der Waals surface area contributed by atoms with Gasteiger partial charge in [0.15, 0.2) is 0 Å². The first-order chi connectivity index (χ1) is 16.5. The standard InChI is InChI=1S/C27H28N2O5/c1-2-7-24(26(31)32)29-25(30)14-17-12-18(13-17)15-28-27(33)34-16-23-21-10-5-3-8-19(21)20-9-4-6-11-22(20)23/h1,3-6,8-11,17-18,23-24H,7,12-16H2,(H,28,33)(H,29,30)(H,31,32). The zero-order valence-corrected chi connectivity index (χ0v) is 18.8. The molecule has 3 N–H and O–H groups in total. The first-order valence-electron chi connectivity index (χ1n) is 11.5. The lowest BCUT2D eigenvalue weighted by atomic mass is 9.73. The quantitative estimate of drug-likeness (QED) is 0.497. The molecule has 1 saturated carbocycles. The lowest BCUT2D eigenvalue weighted by Gasteiger charge is -2.35. The minimum atomic E-state index is -1.13. The Balaban J connectivity index is 1.18. The van der Waals surface area contributed by atoms with Gasteiger partial charge in [0.2, 0.25) is 5.91 Å². The molecular formula is C27H28N2O5. The third-order valence-corrected chi connectivity index (χ3v) is 6.64. The van der Waals surface area contributed by atoms with E-state index in [0.29, 0.717) is 6.54 Å². The predicted octanol–water partition coefficient (Wildman–Crippen LogP) is 3.53. The van der Waals surface area contributed by atoms with Gasteiger partial charge in [-0.3, -0.25) is 4.79 Å². The molecule has 2 aromatic rings. The third kappa shape index (κ3) is 5.23. The van der Waals surface area contributed by atoms with E-state index in [2.05, 4.69) is 40.8 Å². The van der Waals surface area contributed by atoms with Gasteiger partial charge in [0, 0.05) is 25.3 Å². The molecule has 1 fully saturated rings. The maximum absolute atomic E-state index is 12.3. The third-order valence-electron chi connectivity index (χ3n) is 6.64. The van der Waals surface area contributed by atoms with Crippen molar-refractivity contribution < 1.29 is 24.2 Å². The maximum atomic E-state index is 12.3. The van der Waals surface area contributed by atoms with Gasteiger partial charge in [0.05, 0.1) is 0 Å². The zero-order valence-electron chi connectivity index (χ0n) is 18.8. The van der Waals surface area contributed by atoms with Crippen LogP contribution in [-0.2, 0) is 14.3 Å². The van der Waals surface area contributed by atoms with Gasteiger partial charge in [-0.25, -0.2) is 9.59 Å². The number of hydrogen-bond acceptors (Lipinski definition) is 4. The van der Waals surface area contributed by atoms with E-state index < -0.39 is 18.1 Å². The van der Waals surface area contributed by atoms with Gasteiger partial charge < -0.3 is 20.5 Å². The molecule has 0 aliphatic heterocycles. The highest BCUT2D eigenvalue weighted by atomic mass is 16.5. The topological polar surface area (TPSA) is 105 Å². The number of fused-ring (bicyclic) bond motifs is 3. The van der Waals surface area contributed by atoms with Gasteiger partial charge in [0.1, 0.15) is 12.6 Å². The molecule has 0 bridgehead atoms. The zero-order chi connectivity index (χ0) is 24.1. The number of terminal acetylenes is 1. The summed E-state index contributed by atoms with van der Waals surface area (Å²) in [5, 5.41) is 14.4. The van der Waals surface area contributed by atoms with Crippen LogP contribution >= 0.6 is 0 Å². The molecule has 4 rings (SSSR count). The Morgan fingerprint density at radius 1 is 1.03 bits per heavy atom. The number of ether oxygens (including phenoxy) is 1. The monoisotopic (exact) mass is 460 g/mol. The second-order valence-electron chi connectivity index (χ2n) is 8.98. The summed E-state index contributed by atoms with van der Waals surface area (Å²) < 4.78 is 5.55. The normalized spacial score (nSPS) is 19.0. The summed E-state index contributed by atoms with van der Waals surface area (Å²) in [5.74, 6) is 1.29. The van der Waals surface area contributed by atoms with Crippen LogP contribution in [0.2, 0.25) is 0 Å². The molecule has 176 valence electrons. The van der Waals surface area contributed by atoms with E-state index in [-0.39, 0.29) is 43.1 Å². The summed E-state index contributed by atoms with van der Waals surface area (Å²) in [4.78, 5) is 35.5. The van der Waals surface area contributed by atoms with Crippen LogP contribution in [0, 0.1) is 24.2 Å². The van der Waals surface area contributed by atoms with E-state index in [1.807, 2.05) is 24.3 Å². The molecule has 7 nitrogen and oxygen atoms in total. The number of rotatable bonds is 9. The Morgan fingerprint density at radius 3 is 2.24 bits per heavy atom. The van der Waals surface area contributed by atoms with Crippen molar-refractivity contribution in [2.45, 2.75) is 37.6 Å².